The number of fused-ring (bicyclic) bond motifs is 1. The molecule has 0 fully saturated rings. The average molecular weight is 454 g/mol. The first-order valence-electron chi connectivity index (χ1n) is 10.3. The standard InChI is InChI=1S/C23H24F2N6O2/c1-13-7-20-22(23(32)27-10-19(26)15-9-28-30(3)11-15)14(2)29-31(20)21(8-13)33-12-16-17(24)5-4-6-18(16)25/h4-9,11,19H,10,12,26H2,1-3H3,(H,27,32). The smallest absolute Gasteiger partial charge is 0.255 e. The van der Waals surface area contributed by atoms with Crippen molar-refractivity contribution in [2.24, 2.45) is 12.8 Å². The number of pyridine rings is 1. The minimum Gasteiger partial charge on any atom is -0.473 e. The fourth-order valence-corrected chi connectivity index (χ4v) is 3.60. The monoisotopic (exact) mass is 454 g/mol. The molecule has 4 aromatic rings. The number of halogens is 2. The molecule has 0 radical (unpaired) electrons. The van der Waals surface area contributed by atoms with E-state index in [9.17, 15) is 13.6 Å². The third kappa shape index (κ3) is 4.56. The predicted molar refractivity (Wildman–Crippen MR) is 118 cm³/mol. The molecule has 0 bridgehead atoms. The molecule has 10 heteroatoms. The number of hydrogen-bond donors (Lipinski definition) is 2. The maximum atomic E-state index is 14.0. The highest BCUT2D eigenvalue weighted by Crippen LogP contribution is 2.25. The summed E-state index contributed by atoms with van der Waals surface area (Å²) in [6.07, 6.45) is 3.45. The second-order valence-electron chi connectivity index (χ2n) is 7.88. The van der Waals surface area contributed by atoms with Crippen LogP contribution in [0.5, 0.6) is 5.88 Å². The number of aromatic nitrogens is 4. The molecule has 3 N–H and O–H groups in total. The Kier molecular flexibility index (Phi) is 6.10. The molecule has 1 unspecified atom stereocenters. The van der Waals surface area contributed by atoms with E-state index in [0.717, 1.165) is 11.1 Å². The van der Waals surface area contributed by atoms with Crippen LogP contribution in [-0.2, 0) is 13.7 Å². The van der Waals surface area contributed by atoms with Crippen molar-refractivity contribution in [3.8, 4) is 5.88 Å². The van der Waals surface area contributed by atoms with Crippen molar-refractivity contribution < 1.29 is 18.3 Å². The van der Waals surface area contributed by atoms with E-state index in [4.69, 9.17) is 10.5 Å². The summed E-state index contributed by atoms with van der Waals surface area (Å²) < 4.78 is 36.8. The Hall–Kier alpha value is -3.79. The first-order valence-corrected chi connectivity index (χ1v) is 10.3. The lowest BCUT2D eigenvalue weighted by molar-refractivity contribution is 0.0952. The van der Waals surface area contributed by atoms with E-state index < -0.39 is 17.7 Å². The summed E-state index contributed by atoms with van der Waals surface area (Å²) in [6, 6.07) is 6.71. The van der Waals surface area contributed by atoms with Crippen LogP contribution in [0.2, 0.25) is 0 Å². The number of nitrogens with zero attached hydrogens (tertiary/aromatic N) is 4. The zero-order chi connectivity index (χ0) is 23.7. The Morgan fingerprint density at radius 3 is 2.64 bits per heavy atom. The molecule has 8 nitrogen and oxygen atoms in total. The van der Waals surface area contributed by atoms with Gasteiger partial charge in [0.1, 0.15) is 18.2 Å². The van der Waals surface area contributed by atoms with E-state index in [2.05, 4.69) is 15.5 Å². The molecule has 0 saturated carbocycles. The van der Waals surface area contributed by atoms with Crippen molar-refractivity contribution in [3.63, 3.8) is 0 Å². The van der Waals surface area contributed by atoms with Gasteiger partial charge in [-0.2, -0.15) is 14.7 Å². The molecule has 0 aliphatic heterocycles. The fraction of sp³-hybridized carbons (Fsp3) is 0.261. The van der Waals surface area contributed by atoms with E-state index in [1.165, 1.54) is 22.7 Å². The molecule has 0 aliphatic rings. The summed E-state index contributed by atoms with van der Waals surface area (Å²) >= 11 is 0. The highest BCUT2D eigenvalue weighted by Gasteiger charge is 2.21. The van der Waals surface area contributed by atoms with Gasteiger partial charge in [0.25, 0.3) is 5.91 Å². The molecule has 0 saturated heterocycles. The fourth-order valence-electron chi connectivity index (χ4n) is 3.60. The number of carbonyl (C=O) groups excluding carboxylic acids is 1. The van der Waals surface area contributed by atoms with Crippen molar-refractivity contribution in [2.75, 3.05) is 6.54 Å². The summed E-state index contributed by atoms with van der Waals surface area (Å²) in [5.41, 5.74) is 8.95. The summed E-state index contributed by atoms with van der Waals surface area (Å²) in [7, 11) is 1.79. The zero-order valence-corrected chi connectivity index (χ0v) is 18.5. The number of carbonyl (C=O) groups is 1. The normalized spacial score (nSPS) is 12.2. The lowest BCUT2D eigenvalue weighted by Crippen LogP contribution is -2.32. The highest BCUT2D eigenvalue weighted by atomic mass is 19.1. The third-order valence-corrected chi connectivity index (χ3v) is 5.31. The van der Waals surface area contributed by atoms with Crippen LogP contribution in [0.1, 0.15) is 38.8 Å². The van der Waals surface area contributed by atoms with Gasteiger partial charge in [-0.3, -0.25) is 9.48 Å². The van der Waals surface area contributed by atoms with E-state index in [-0.39, 0.29) is 30.5 Å². The molecule has 3 aromatic heterocycles. The van der Waals surface area contributed by atoms with Crippen LogP contribution < -0.4 is 15.8 Å². The zero-order valence-electron chi connectivity index (χ0n) is 18.5. The second-order valence-corrected chi connectivity index (χ2v) is 7.88. The Morgan fingerprint density at radius 2 is 1.97 bits per heavy atom. The Balaban J connectivity index is 1.58. The van der Waals surface area contributed by atoms with E-state index in [0.29, 0.717) is 16.8 Å². The first-order chi connectivity index (χ1) is 15.7. The van der Waals surface area contributed by atoms with Gasteiger partial charge in [-0.25, -0.2) is 8.78 Å². The lowest BCUT2D eigenvalue weighted by atomic mass is 10.1. The van der Waals surface area contributed by atoms with Gasteiger partial charge in [0.15, 0.2) is 0 Å². The van der Waals surface area contributed by atoms with Gasteiger partial charge >= 0.3 is 0 Å². The SMILES string of the molecule is Cc1cc(OCc2c(F)cccc2F)n2nc(C)c(C(=O)NCC(N)c3cnn(C)c3)c2c1. The van der Waals surface area contributed by atoms with Crippen molar-refractivity contribution in [3.05, 3.63) is 82.3 Å². The van der Waals surface area contributed by atoms with Crippen LogP contribution in [-0.4, -0.2) is 31.8 Å². The Morgan fingerprint density at radius 1 is 1.24 bits per heavy atom. The van der Waals surface area contributed by atoms with Gasteiger partial charge in [-0.15, -0.1) is 0 Å². The van der Waals surface area contributed by atoms with Gasteiger partial charge < -0.3 is 15.8 Å². The van der Waals surface area contributed by atoms with Crippen LogP contribution in [0, 0.1) is 25.5 Å². The van der Waals surface area contributed by atoms with Gasteiger partial charge in [0.05, 0.1) is 34.6 Å². The number of benzene rings is 1. The summed E-state index contributed by atoms with van der Waals surface area (Å²) in [4.78, 5) is 13.0. The molecule has 3 heterocycles. The Labute approximate surface area is 189 Å². The molecular formula is C23H24F2N6O2. The molecule has 1 amide bonds. The maximum absolute atomic E-state index is 14.0. The number of rotatable bonds is 7. The largest absolute Gasteiger partial charge is 0.473 e. The molecule has 0 aliphatic carbocycles. The van der Waals surface area contributed by atoms with Gasteiger partial charge in [0, 0.05) is 31.4 Å². The van der Waals surface area contributed by atoms with Gasteiger partial charge in [0.2, 0.25) is 5.88 Å². The lowest BCUT2D eigenvalue weighted by Gasteiger charge is -2.12. The first kappa shape index (κ1) is 22.4. The van der Waals surface area contributed by atoms with Gasteiger partial charge in [-0.05, 0) is 37.6 Å². The van der Waals surface area contributed by atoms with Crippen molar-refractivity contribution in [1.82, 2.24) is 24.7 Å². The molecule has 172 valence electrons. The quantitative estimate of drug-likeness (QED) is 0.447. The topological polar surface area (TPSA) is 99.5 Å². The number of nitrogens with one attached hydrogen (secondary N) is 1. The highest BCUT2D eigenvalue weighted by molar-refractivity contribution is 6.02. The summed E-state index contributed by atoms with van der Waals surface area (Å²) in [5.74, 6) is -1.46. The molecule has 0 spiro atoms. The van der Waals surface area contributed by atoms with Crippen molar-refractivity contribution in [1.29, 1.82) is 0 Å². The molecule has 1 aromatic carbocycles. The minimum absolute atomic E-state index is 0.182. The van der Waals surface area contributed by atoms with E-state index in [1.54, 1.807) is 43.2 Å². The minimum atomic E-state index is -0.694. The van der Waals surface area contributed by atoms with Crippen LogP contribution in [0.15, 0.2) is 42.7 Å². The van der Waals surface area contributed by atoms with Crippen molar-refractivity contribution in [2.45, 2.75) is 26.5 Å². The van der Waals surface area contributed by atoms with Crippen LogP contribution in [0.4, 0.5) is 8.78 Å². The van der Waals surface area contributed by atoms with Gasteiger partial charge in [-0.1, -0.05) is 6.07 Å². The number of hydrogen-bond acceptors (Lipinski definition) is 5. The van der Waals surface area contributed by atoms with Crippen LogP contribution in [0.3, 0.4) is 0 Å². The Bertz CT molecular complexity index is 1310. The second kappa shape index (κ2) is 8.99. The molecule has 1 atom stereocenters. The average Bonchev–Trinajstić information content (AvgIpc) is 3.34. The third-order valence-electron chi connectivity index (χ3n) is 5.31. The number of amides is 1. The summed E-state index contributed by atoms with van der Waals surface area (Å²) in [5, 5.41) is 11.4. The van der Waals surface area contributed by atoms with E-state index >= 15 is 0 Å². The predicted octanol–water partition coefficient (Wildman–Crippen LogP) is 2.97. The van der Waals surface area contributed by atoms with Crippen LogP contribution in [0.25, 0.3) is 5.52 Å². The number of aryl methyl sites for hydroxylation is 3. The van der Waals surface area contributed by atoms with Crippen LogP contribution >= 0.6 is 0 Å². The molecule has 33 heavy (non-hydrogen) atoms. The maximum Gasteiger partial charge on any atom is 0.255 e. The van der Waals surface area contributed by atoms with E-state index in [1.807, 2.05) is 6.92 Å². The number of nitrogens with two attached hydrogens (primary N) is 1. The molecule has 4 rings (SSSR count). The van der Waals surface area contributed by atoms with Crippen molar-refractivity contribution >= 4 is 11.4 Å². The number of ether oxygens (including phenoxy) is 1. The molecular weight excluding hydrogens is 430 g/mol. The summed E-state index contributed by atoms with van der Waals surface area (Å²) in [6.45, 7) is 3.43.